The van der Waals surface area contributed by atoms with Gasteiger partial charge in [0, 0.05) is 19.7 Å². The van der Waals surface area contributed by atoms with E-state index in [9.17, 15) is 9.90 Å². The molecule has 0 fully saturated rings. The Morgan fingerprint density at radius 3 is 2.47 bits per heavy atom. The van der Waals surface area contributed by atoms with Gasteiger partial charge in [0.05, 0.1) is 19.3 Å². The van der Waals surface area contributed by atoms with E-state index in [1.54, 1.807) is 7.05 Å². The lowest BCUT2D eigenvalue weighted by molar-refractivity contribution is 0.0484. The fourth-order valence-corrected chi connectivity index (χ4v) is 1.06. The predicted molar refractivity (Wildman–Crippen MR) is 58.8 cm³/mol. The van der Waals surface area contributed by atoms with Crippen LogP contribution in [0.3, 0.4) is 0 Å². The van der Waals surface area contributed by atoms with Gasteiger partial charge < -0.3 is 20.1 Å². The van der Waals surface area contributed by atoms with Crippen LogP contribution in [-0.2, 0) is 4.74 Å². The van der Waals surface area contributed by atoms with Crippen molar-refractivity contribution < 1.29 is 14.6 Å². The van der Waals surface area contributed by atoms with Crippen molar-refractivity contribution in [1.29, 1.82) is 0 Å². The molecule has 0 bridgehead atoms. The molecule has 0 rings (SSSR count). The van der Waals surface area contributed by atoms with Crippen molar-refractivity contribution in [2.75, 3.05) is 27.3 Å². The van der Waals surface area contributed by atoms with Crippen LogP contribution >= 0.6 is 0 Å². The minimum absolute atomic E-state index is 0.197. The highest BCUT2D eigenvalue weighted by molar-refractivity contribution is 5.74. The van der Waals surface area contributed by atoms with Crippen LogP contribution in [0.5, 0.6) is 0 Å². The lowest BCUT2D eigenvalue weighted by Gasteiger charge is -2.26. The first-order valence-corrected chi connectivity index (χ1v) is 4.96. The lowest BCUT2D eigenvalue weighted by atomic mass is 10.1. The van der Waals surface area contributed by atoms with Gasteiger partial charge in [0.25, 0.3) is 0 Å². The zero-order valence-corrected chi connectivity index (χ0v) is 10.2. The number of urea groups is 1. The summed E-state index contributed by atoms with van der Waals surface area (Å²) in [6, 6.07) is -0.197. The first-order chi connectivity index (χ1) is 6.76. The van der Waals surface area contributed by atoms with E-state index in [0.29, 0.717) is 0 Å². The molecule has 0 radical (unpaired) electrons. The molecule has 5 nitrogen and oxygen atoms in total. The molecule has 15 heavy (non-hydrogen) atoms. The Balaban J connectivity index is 3.99. The number of rotatable bonds is 4. The van der Waals surface area contributed by atoms with Gasteiger partial charge in [-0.2, -0.15) is 0 Å². The number of nitrogens with zero attached hydrogens (tertiary/aromatic N) is 1. The Labute approximate surface area is 91.4 Å². The first kappa shape index (κ1) is 14.2. The van der Waals surface area contributed by atoms with Crippen LogP contribution in [0.25, 0.3) is 0 Å². The molecule has 0 aromatic carbocycles. The van der Waals surface area contributed by atoms with Gasteiger partial charge in [-0.15, -0.1) is 0 Å². The van der Waals surface area contributed by atoms with Crippen molar-refractivity contribution in [1.82, 2.24) is 10.2 Å². The molecule has 1 unspecified atom stereocenters. The number of hydrogen-bond donors (Lipinski definition) is 2. The maximum Gasteiger partial charge on any atom is 0.317 e. The molecule has 0 aliphatic heterocycles. The van der Waals surface area contributed by atoms with Crippen LogP contribution in [0.4, 0.5) is 4.79 Å². The summed E-state index contributed by atoms with van der Waals surface area (Å²) in [4.78, 5) is 13.0. The van der Waals surface area contributed by atoms with Crippen LogP contribution in [0.15, 0.2) is 0 Å². The van der Waals surface area contributed by atoms with E-state index in [1.165, 1.54) is 12.0 Å². The smallest absolute Gasteiger partial charge is 0.317 e. The second kappa shape index (κ2) is 5.92. The maximum atomic E-state index is 11.6. The summed E-state index contributed by atoms with van der Waals surface area (Å²) in [6.45, 7) is 6.21. The number of methoxy groups -OCH3 is 1. The number of amides is 2. The minimum Gasteiger partial charge on any atom is -0.389 e. The summed E-state index contributed by atoms with van der Waals surface area (Å²) >= 11 is 0. The summed E-state index contributed by atoms with van der Waals surface area (Å²) in [5.74, 6) is 0. The number of aliphatic hydroxyl groups is 1. The summed E-state index contributed by atoms with van der Waals surface area (Å²) in [7, 11) is 3.15. The van der Waals surface area contributed by atoms with Crippen molar-refractivity contribution in [2.24, 2.45) is 0 Å². The van der Waals surface area contributed by atoms with E-state index >= 15 is 0 Å². The fraction of sp³-hybridized carbons (Fsp3) is 0.900. The number of likely N-dealkylation sites (N-methyl/N-ethyl adjacent to an activating group) is 1. The molecule has 0 saturated carbocycles. The number of ether oxygens (including phenoxy) is 1. The molecule has 90 valence electrons. The number of carbonyl (C=O) groups is 1. The molecular formula is C10H22N2O3. The van der Waals surface area contributed by atoms with Crippen LogP contribution in [0.1, 0.15) is 20.8 Å². The van der Waals surface area contributed by atoms with Gasteiger partial charge in [0.15, 0.2) is 0 Å². The van der Waals surface area contributed by atoms with Crippen LogP contribution in [-0.4, -0.2) is 55.0 Å². The maximum absolute atomic E-state index is 11.6. The molecular weight excluding hydrogens is 196 g/mol. The Morgan fingerprint density at radius 2 is 2.07 bits per heavy atom. The summed E-state index contributed by atoms with van der Waals surface area (Å²) in [5, 5.41) is 12.2. The molecule has 2 amide bonds. The number of hydrogen-bond acceptors (Lipinski definition) is 3. The van der Waals surface area contributed by atoms with Gasteiger partial charge in [-0.1, -0.05) is 0 Å². The second-order valence-corrected chi connectivity index (χ2v) is 4.67. The Hall–Kier alpha value is -0.810. The van der Waals surface area contributed by atoms with Crippen molar-refractivity contribution in [3.8, 4) is 0 Å². The highest BCUT2D eigenvalue weighted by atomic mass is 16.5. The van der Waals surface area contributed by atoms with E-state index in [2.05, 4.69) is 5.32 Å². The van der Waals surface area contributed by atoms with Gasteiger partial charge in [0.2, 0.25) is 0 Å². The van der Waals surface area contributed by atoms with Crippen molar-refractivity contribution in [3.63, 3.8) is 0 Å². The molecule has 0 aromatic heterocycles. The zero-order chi connectivity index (χ0) is 12.1. The average Bonchev–Trinajstić information content (AvgIpc) is 2.00. The Bertz CT molecular complexity index is 201. The monoisotopic (exact) mass is 218 g/mol. The summed E-state index contributed by atoms with van der Waals surface area (Å²) in [6.07, 6.45) is -0.647. The van der Waals surface area contributed by atoms with Crippen molar-refractivity contribution in [3.05, 3.63) is 0 Å². The first-order valence-electron chi connectivity index (χ1n) is 4.96. The fourth-order valence-electron chi connectivity index (χ4n) is 1.06. The number of nitrogens with one attached hydrogen (secondary N) is 1. The van der Waals surface area contributed by atoms with Gasteiger partial charge in [0.1, 0.15) is 0 Å². The standard InChI is InChI=1S/C10H22N2O3/c1-10(2,3)11-9(14)12(4)6-8(13)7-15-5/h8,13H,6-7H2,1-5H3,(H,11,14). The minimum atomic E-state index is -0.647. The third-order valence-electron chi connectivity index (χ3n) is 1.67. The SMILES string of the molecule is COCC(O)CN(C)C(=O)NC(C)(C)C. The Kier molecular flexibility index (Phi) is 5.60. The summed E-state index contributed by atoms with van der Waals surface area (Å²) < 4.78 is 4.78. The normalized spacial score (nSPS) is 13.5. The quantitative estimate of drug-likeness (QED) is 0.719. The van der Waals surface area contributed by atoms with Crippen LogP contribution in [0.2, 0.25) is 0 Å². The molecule has 0 aromatic rings. The van der Waals surface area contributed by atoms with E-state index < -0.39 is 6.10 Å². The zero-order valence-electron chi connectivity index (χ0n) is 10.2. The number of carbonyl (C=O) groups excluding carboxylic acids is 1. The molecule has 0 saturated heterocycles. The molecule has 5 heteroatoms. The largest absolute Gasteiger partial charge is 0.389 e. The van der Waals surface area contributed by atoms with E-state index in [4.69, 9.17) is 4.74 Å². The van der Waals surface area contributed by atoms with Gasteiger partial charge in [-0.25, -0.2) is 4.79 Å². The highest BCUT2D eigenvalue weighted by Crippen LogP contribution is 2.00. The highest BCUT2D eigenvalue weighted by Gasteiger charge is 2.18. The van der Waals surface area contributed by atoms with Gasteiger partial charge in [-0.3, -0.25) is 0 Å². The molecule has 0 aliphatic rings. The average molecular weight is 218 g/mol. The molecule has 2 N–H and O–H groups in total. The lowest BCUT2D eigenvalue weighted by Crippen LogP contribution is -2.49. The summed E-state index contributed by atoms with van der Waals surface area (Å²) in [5.41, 5.74) is -0.266. The van der Waals surface area contributed by atoms with Crippen molar-refractivity contribution in [2.45, 2.75) is 32.4 Å². The molecule has 1 atom stereocenters. The van der Waals surface area contributed by atoms with Gasteiger partial charge in [-0.05, 0) is 20.8 Å². The van der Waals surface area contributed by atoms with E-state index in [1.807, 2.05) is 20.8 Å². The van der Waals surface area contributed by atoms with E-state index in [0.717, 1.165) is 0 Å². The Morgan fingerprint density at radius 1 is 1.53 bits per heavy atom. The van der Waals surface area contributed by atoms with Crippen LogP contribution < -0.4 is 5.32 Å². The molecule has 0 heterocycles. The van der Waals surface area contributed by atoms with E-state index in [-0.39, 0.29) is 24.7 Å². The molecule has 0 spiro atoms. The third kappa shape index (κ3) is 7.16. The second-order valence-electron chi connectivity index (χ2n) is 4.67. The predicted octanol–water partition coefficient (Wildman–Crippen LogP) is 0.434. The number of aliphatic hydroxyl groups excluding tert-OH is 1. The van der Waals surface area contributed by atoms with Crippen LogP contribution in [0, 0.1) is 0 Å². The molecule has 0 aliphatic carbocycles. The third-order valence-corrected chi connectivity index (χ3v) is 1.67. The van der Waals surface area contributed by atoms with Gasteiger partial charge >= 0.3 is 6.03 Å². The topological polar surface area (TPSA) is 61.8 Å². The van der Waals surface area contributed by atoms with Crippen molar-refractivity contribution >= 4 is 6.03 Å².